The highest BCUT2D eigenvalue weighted by Crippen LogP contribution is 2.44. The summed E-state index contributed by atoms with van der Waals surface area (Å²) in [4.78, 5) is 23.0. The maximum Gasteiger partial charge on any atom is 0.584 e. The first-order chi connectivity index (χ1) is 14.9. The third kappa shape index (κ3) is 5.36. The van der Waals surface area contributed by atoms with Crippen molar-refractivity contribution in [2.24, 2.45) is 0 Å². The Balaban J connectivity index is 1.82. The molecule has 1 atom stereocenters. The Morgan fingerprint density at radius 3 is 1.74 bits per heavy atom. The third-order valence-electron chi connectivity index (χ3n) is 4.24. The molecule has 0 bridgehead atoms. The Kier molecular flexibility index (Phi) is 6.84. The molecule has 0 aliphatic carbocycles. The van der Waals surface area contributed by atoms with Crippen LogP contribution in [0.25, 0.3) is 0 Å². The molecule has 0 amide bonds. The molecule has 1 N–H and O–H groups in total. The fraction of sp³-hybridized carbons (Fsp3) is 0.136. The Labute approximate surface area is 179 Å². The quantitative estimate of drug-likeness (QED) is 0.380. The molecule has 31 heavy (non-hydrogen) atoms. The lowest BCUT2D eigenvalue weighted by Gasteiger charge is -2.15. The van der Waals surface area contributed by atoms with Crippen LogP contribution in [0.2, 0.25) is 0 Å². The van der Waals surface area contributed by atoms with Gasteiger partial charge in [0.1, 0.15) is 34.3 Å². The molecule has 3 aromatic rings. The molecular formula is C22H21O8P. The van der Waals surface area contributed by atoms with Gasteiger partial charge in [-0.25, -0.2) is 4.57 Å². The second kappa shape index (κ2) is 9.55. The zero-order chi connectivity index (χ0) is 22.4. The molecule has 0 saturated carbocycles. The molecule has 1 unspecified atom stereocenters. The number of hydrogen-bond donors (Lipinski definition) is 1. The van der Waals surface area contributed by atoms with Crippen LogP contribution < -0.4 is 23.3 Å². The van der Waals surface area contributed by atoms with Gasteiger partial charge in [0.2, 0.25) is 5.78 Å². The van der Waals surface area contributed by atoms with Crippen molar-refractivity contribution in [2.45, 2.75) is 0 Å². The second-order valence-corrected chi connectivity index (χ2v) is 7.53. The number of carbonyl (C=O) groups is 1. The molecule has 0 fully saturated rings. The highest BCUT2D eigenvalue weighted by atomic mass is 31.2. The largest absolute Gasteiger partial charge is 0.584 e. The predicted molar refractivity (Wildman–Crippen MR) is 113 cm³/mol. The van der Waals surface area contributed by atoms with Gasteiger partial charge in [0.05, 0.1) is 21.3 Å². The maximum atomic E-state index is 13.1. The summed E-state index contributed by atoms with van der Waals surface area (Å²) >= 11 is 0. The average Bonchev–Trinajstić information content (AvgIpc) is 2.78. The van der Waals surface area contributed by atoms with Crippen LogP contribution in [0.3, 0.4) is 0 Å². The van der Waals surface area contributed by atoms with Crippen molar-refractivity contribution in [2.75, 3.05) is 21.3 Å². The standard InChI is InChI=1S/C22H21O8P/c1-26-18-13-19(27-2)21(20(14-18)28-3)22(23)15-9-11-17(12-10-15)30-31(24,25)29-16-7-5-4-6-8-16/h4-14H,1-3H3,(H,24,25). The number of phosphoric acid groups is 1. The van der Waals surface area contributed by atoms with Crippen molar-refractivity contribution in [3.8, 4) is 28.7 Å². The number of hydrogen-bond acceptors (Lipinski definition) is 7. The van der Waals surface area contributed by atoms with Gasteiger partial charge in [-0.05, 0) is 36.4 Å². The first kappa shape index (κ1) is 22.2. The molecule has 8 nitrogen and oxygen atoms in total. The van der Waals surface area contributed by atoms with Crippen LogP contribution in [0.5, 0.6) is 28.7 Å². The van der Waals surface area contributed by atoms with Gasteiger partial charge in [-0.2, -0.15) is 0 Å². The van der Waals surface area contributed by atoms with Gasteiger partial charge in [0.25, 0.3) is 0 Å². The minimum Gasteiger partial charge on any atom is -0.496 e. The van der Waals surface area contributed by atoms with Crippen molar-refractivity contribution in [1.82, 2.24) is 0 Å². The van der Waals surface area contributed by atoms with Gasteiger partial charge in [-0.15, -0.1) is 0 Å². The van der Waals surface area contributed by atoms with Crippen LogP contribution in [-0.4, -0.2) is 32.0 Å². The van der Waals surface area contributed by atoms with E-state index in [1.54, 1.807) is 30.3 Å². The fourth-order valence-corrected chi connectivity index (χ4v) is 3.62. The van der Waals surface area contributed by atoms with Crippen LogP contribution in [-0.2, 0) is 4.57 Å². The lowest BCUT2D eigenvalue weighted by atomic mass is 10.0. The van der Waals surface area contributed by atoms with Crippen molar-refractivity contribution in [3.63, 3.8) is 0 Å². The number of ether oxygens (including phenoxy) is 3. The van der Waals surface area contributed by atoms with Gasteiger partial charge < -0.3 is 23.3 Å². The van der Waals surface area contributed by atoms with E-state index in [9.17, 15) is 14.3 Å². The zero-order valence-electron chi connectivity index (χ0n) is 17.1. The van der Waals surface area contributed by atoms with E-state index < -0.39 is 7.82 Å². The molecule has 0 aromatic heterocycles. The van der Waals surface area contributed by atoms with E-state index in [4.69, 9.17) is 23.3 Å². The maximum absolute atomic E-state index is 13.1. The molecule has 9 heteroatoms. The molecule has 0 saturated heterocycles. The summed E-state index contributed by atoms with van der Waals surface area (Å²) in [6.07, 6.45) is 0. The molecule has 0 aliphatic rings. The van der Waals surface area contributed by atoms with E-state index in [0.717, 1.165) is 0 Å². The number of para-hydroxylation sites is 1. The van der Waals surface area contributed by atoms with Gasteiger partial charge in [-0.3, -0.25) is 9.69 Å². The fourth-order valence-electron chi connectivity index (χ4n) is 2.81. The van der Waals surface area contributed by atoms with E-state index in [0.29, 0.717) is 11.3 Å². The van der Waals surface area contributed by atoms with Gasteiger partial charge in [0, 0.05) is 17.7 Å². The first-order valence-electron chi connectivity index (χ1n) is 9.08. The van der Waals surface area contributed by atoms with Gasteiger partial charge in [-0.1, -0.05) is 18.2 Å². The number of rotatable bonds is 9. The minimum absolute atomic E-state index is 0.0620. The SMILES string of the molecule is COc1cc(OC)c(C(=O)c2ccc(OP(=O)(O)Oc3ccccc3)cc2)c(OC)c1. The highest BCUT2D eigenvalue weighted by molar-refractivity contribution is 7.48. The van der Waals surface area contributed by atoms with Crippen LogP contribution in [0.15, 0.2) is 66.7 Å². The van der Waals surface area contributed by atoms with Gasteiger partial charge >= 0.3 is 7.82 Å². The molecule has 162 valence electrons. The molecule has 0 heterocycles. The van der Waals surface area contributed by atoms with Crippen LogP contribution >= 0.6 is 7.82 Å². The molecule has 0 aliphatic heterocycles. The van der Waals surface area contributed by atoms with E-state index in [1.165, 1.54) is 57.7 Å². The molecular weight excluding hydrogens is 423 g/mol. The molecule has 3 aromatic carbocycles. The van der Waals surface area contributed by atoms with Crippen molar-refractivity contribution in [1.29, 1.82) is 0 Å². The Morgan fingerprint density at radius 1 is 0.742 bits per heavy atom. The van der Waals surface area contributed by atoms with E-state index in [-0.39, 0.29) is 34.3 Å². The topological polar surface area (TPSA) is 101 Å². The Bertz CT molecular complexity index is 1070. The highest BCUT2D eigenvalue weighted by Gasteiger charge is 2.26. The minimum atomic E-state index is -4.41. The first-order valence-corrected chi connectivity index (χ1v) is 10.6. The lowest BCUT2D eigenvalue weighted by molar-refractivity contribution is 0.103. The van der Waals surface area contributed by atoms with Crippen molar-refractivity contribution in [3.05, 3.63) is 77.9 Å². The summed E-state index contributed by atoms with van der Waals surface area (Å²) in [5.41, 5.74) is 0.519. The van der Waals surface area contributed by atoms with E-state index >= 15 is 0 Å². The number of methoxy groups -OCH3 is 3. The van der Waals surface area contributed by atoms with E-state index in [1.807, 2.05) is 0 Å². The summed E-state index contributed by atoms with van der Waals surface area (Å²) in [5.74, 6) is 0.947. The summed E-state index contributed by atoms with van der Waals surface area (Å²) in [5, 5.41) is 0. The number of ketones is 1. The normalized spacial score (nSPS) is 12.4. The monoisotopic (exact) mass is 444 g/mol. The number of carbonyl (C=O) groups excluding carboxylic acids is 1. The van der Waals surface area contributed by atoms with Crippen molar-refractivity contribution < 1.29 is 37.5 Å². The molecule has 3 rings (SSSR count). The van der Waals surface area contributed by atoms with Crippen LogP contribution in [0, 0.1) is 0 Å². The third-order valence-corrected chi connectivity index (χ3v) is 5.13. The summed E-state index contributed by atoms with van der Waals surface area (Å²) in [6.45, 7) is 0. The Morgan fingerprint density at radius 2 is 1.26 bits per heavy atom. The number of phosphoric ester groups is 1. The summed E-state index contributed by atoms with van der Waals surface area (Å²) in [6, 6.07) is 17.0. The average molecular weight is 444 g/mol. The Hall–Kier alpha value is -3.48. The zero-order valence-corrected chi connectivity index (χ0v) is 18.0. The predicted octanol–water partition coefficient (Wildman–Crippen LogP) is 4.50. The van der Waals surface area contributed by atoms with Crippen molar-refractivity contribution >= 4 is 13.6 Å². The van der Waals surface area contributed by atoms with E-state index in [2.05, 4.69) is 0 Å². The second-order valence-electron chi connectivity index (χ2n) is 6.22. The lowest BCUT2D eigenvalue weighted by Crippen LogP contribution is -2.07. The van der Waals surface area contributed by atoms with Crippen LogP contribution in [0.4, 0.5) is 0 Å². The molecule has 0 radical (unpaired) electrons. The molecule has 0 spiro atoms. The van der Waals surface area contributed by atoms with Gasteiger partial charge in [0.15, 0.2) is 0 Å². The number of benzene rings is 3. The van der Waals surface area contributed by atoms with Crippen LogP contribution in [0.1, 0.15) is 15.9 Å². The summed E-state index contributed by atoms with van der Waals surface area (Å²) in [7, 11) is -0.0348. The summed E-state index contributed by atoms with van der Waals surface area (Å²) < 4.78 is 38.2. The smallest absolute Gasteiger partial charge is 0.496 e.